The number of sulfonamides is 1. The third-order valence-corrected chi connectivity index (χ3v) is 9.18. The Balaban J connectivity index is 1.42. The largest absolute Gasteiger partial charge is 0.433 e. The molecule has 3 amide bonds. The molecule has 0 radical (unpaired) electrons. The van der Waals surface area contributed by atoms with Gasteiger partial charge in [0.05, 0.1) is 12.7 Å². The second-order valence-electron chi connectivity index (χ2n) is 10.8. The predicted octanol–water partition coefficient (Wildman–Crippen LogP) is 0.543. The van der Waals surface area contributed by atoms with Crippen molar-refractivity contribution in [3.8, 4) is 0 Å². The molecule has 226 valence electrons. The Morgan fingerprint density at radius 3 is 2.62 bits per heavy atom. The zero-order chi connectivity index (χ0) is 30.0. The number of pyridine rings is 1. The van der Waals surface area contributed by atoms with Crippen LogP contribution < -0.4 is 10.6 Å². The minimum atomic E-state index is -3.69. The second kappa shape index (κ2) is 12.3. The van der Waals surface area contributed by atoms with Crippen molar-refractivity contribution in [2.75, 3.05) is 26.0 Å². The number of amides is 3. The summed E-state index contributed by atoms with van der Waals surface area (Å²) in [5.74, 6) is -2.15. The van der Waals surface area contributed by atoms with Gasteiger partial charge in [0.2, 0.25) is 28.1 Å². The van der Waals surface area contributed by atoms with Crippen LogP contribution in [0.1, 0.15) is 49.5 Å². The number of nitrogens with one attached hydrogen (secondary N) is 2. The van der Waals surface area contributed by atoms with E-state index in [9.17, 15) is 27.6 Å². The molecule has 5 rings (SSSR count). The summed E-state index contributed by atoms with van der Waals surface area (Å²) < 4.78 is 37.0. The van der Waals surface area contributed by atoms with E-state index in [1.165, 1.54) is 15.4 Å². The number of benzene rings is 1. The number of fused-ring (bicyclic) bond motifs is 2. The minimum absolute atomic E-state index is 0.0342. The number of aromatic nitrogens is 1. The lowest BCUT2D eigenvalue weighted by molar-refractivity contribution is -0.165. The molecule has 0 saturated carbocycles. The van der Waals surface area contributed by atoms with Gasteiger partial charge >= 0.3 is 5.97 Å². The van der Waals surface area contributed by atoms with Gasteiger partial charge in [-0.05, 0) is 31.2 Å². The fourth-order valence-electron chi connectivity index (χ4n) is 5.92. The number of piperazine rings is 1. The fraction of sp³-hybridized carbons (Fsp3) is 0.536. The van der Waals surface area contributed by atoms with E-state index in [0.29, 0.717) is 31.1 Å². The van der Waals surface area contributed by atoms with Crippen LogP contribution in [-0.2, 0) is 33.9 Å². The zero-order valence-electron chi connectivity index (χ0n) is 23.5. The molecular weight excluding hydrogens is 566 g/mol. The van der Waals surface area contributed by atoms with Crippen LogP contribution in [0.25, 0.3) is 10.8 Å². The maximum absolute atomic E-state index is 14.1. The van der Waals surface area contributed by atoms with E-state index in [-0.39, 0.29) is 31.8 Å². The van der Waals surface area contributed by atoms with Crippen LogP contribution in [-0.4, -0.2) is 103 Å². The average molecular weight is 602 g/mol. The molecule has 4 heterocycles. The van der Waals surface area contributed by atoms with Crippen LogP contribution in [0.2, 0.25) is 0 Å². The van der Waals surface area contributed by atoms with Crippen molar-refractivity contribution in [2.45, 2.75) is 69.5 Å². The van der Waals surface area contributed by atoms with E-state index < -0.39 is 64.2 Å². The molecule has 14 heteroatoms. The van der Waals surface area contributed by atoms with E-state index in [2.05, 4.69) is 15.6 Å². The average Bonchev–Trinajstić information content (AvgIpc) is 3.30. The Morgan fingerprint density at radius 1 is 1.10 bits per heavy atom. The van der Waals surface area contributed by atoms with E-state index >= 15 is 0 Å². The molecular formula is C28H35N5O8S. The highest BCUT2D eigenvalue weighted by atomic mass is 32.2. The number of carbonyl (C=O) groups excluding carboxylic acids is 4. The van der Waals surface area contributed by atoms with E-state index in [0.717, 1.165) is 11.6 Å². The molecule has 3 aliphatic heterocycles. The first-order chi connectivity index (χ1) is 20.1. The van der Waals surface area contributed by atoms with Crippen LogP contribution in [0.15, 0.2) is 36.5 Å². The van der Waals surface area contributed by atoms with Crippen molar-refractivity contribution in [2.24, 2.45) is 0 Å². The summed E-state index contributed by atoms with van der Waals surface area (Å²) in [7, 11) is -3.69. The summed E-state index contributed by atoms with van der Waals surface area (Å²) in [5.41, 5.74) is 0.184. The van der Waals surface area contributed by atoms with Crippen molar-refractivity contribution >= 4 is 44.5 Å². The molecule has 0 bridgehead atoms. The fourth-order valence-corrected chi connectivity index (χ4v) is 6.77. The maximum atomic E-state index is 14.1. The van der Waals surface area contributed by atoms with Gasteiger partial charge in [-0.2, -0.15) is 4.31 Å². The highest BCUT2D eigenvalue weighted by Crippen LogP contribution is 2.28. The molecule has 1 aromatic carbocycles. The lowest BCUT2D eigenvalue weighted by Gasteiger charge is -2.47. The van der Waals surface area contributed by atoms with Gasteiger partial charge < -0.3 is 25.0 Å². The van der Waals surface area contributed by atoms with Gasteiger partial charge in [-0.15, -0.1) is 0 Å². The van der Waals surface area contributed by atoms with Crippen LogP contribution in [0.4, 0.5) is 0 Å². The number of nitrogens with zero attached hydrogens (tertiary/aromatic N) is 3. The van der Waals surface area contributed by atoms with Crippen molar-refractivity contribution in [1.29, 1.82) is 0 Å². The molecule has 0 aliphatic carbocycles. The normalized spacial score (nSPS) is 27.1. The van der Waals surface area contributed by atoms with Gasteiger partial charge in [-0.3, -0.25) is 24.2 Å². The van der Waals surface area contributed by atoms with Gasteiger partial charge in [0.25, 0.3) is 5.91 Å². The minimum Gasteiger partial charge on any atom is -0.433 e. The number of esters is 1. The number of hydrogen-bond acceptors (Lipinski definition) is 9. The first-order valence-corrected chi connectivity index (χ1v) is 15.9. The summed E-state index contributed by atoms with van der Waals surface area (Å²) in [6, 6.07) is 5.57. The third-order valence-electron chi connectivity index (χ3n) is 7.94. The smallest absolute Gasteiger partial charge is 0.310 e. The highest BCUT2D eigenvalue weighted by molar-refractivity contribution is 7.88. The molecule has 42 heavy (non-hydrogen) atoms. The Labute approximate surface area is 244 Å². The highest BCUT2D eigenvalue weighted by Gasteiger charge is 2.47. The molecule has 3 saturated heterocycles. The van der Waals surface area contributed by atoms with Gasteiger partial charge in [-0.25, -0.2) is 8.42 Å². The first kappa shape index (κ1) is 29.9. The topological polar surface area (TPSA) is 164 Å². The van der Waals surface area contributed by atoms with E-state index in [1.807, 2.05) is 12.1 Å². The molecule has 1 aromatic heterocycles. The Hall–Kier alpha value is -3.62. The Bertz CT molecular complexity index is 1480. The Kier molecular flexibility index (Phi) is 8.76. The molecule has 0 spiro atoms. The molecule has 2 aromatic rings. The lowest BCUT2D eigenvalue weighted by Crippen LogP contribution is -2.68. The summed E-state index contributed by atoms with van der Waals surface area (Å²) in [5, 5.41) is 7.07. The molecule has 2 N–H and O–H groups in total. The van der Waals surface area contributed by atoms with E-state index in [4.69, 9.17) is 9.47 Å². The molecule has 2 unspecified atom stereocenters. The number of cyclic esters (lactones) is 1. The van der Waals surface area contributed by atoms with Gasteiger partial charge in [0, 0.05) is 37.3 Å². The van der Waals surface area contributed by atoms with Crippen molar-refractivity contribution in [1.82, 2.24) is 24.8 Å². The molecule has 3 aliphatic rings. The number of ether oxygens (including phenoxy) is 2. The van der Waals surface area contributed by atoms with Crippen LogP contribution in [0.3, 0.4) is 0 Å². The van der Waals surface area contributed by atoms with Crippen LogP contribution in [0.5, 0.6) is 0 Å². The Morgan fingerprint density at radius 2 is 1.86 bits per heavy atom. The number of carbonyl (C=O) groups is 4. The first-order valence-electron chi connectivity index (χ1n) is 14.1. The molecule has 5 atom stereocenters. The molecule has 13 nitrogen and oxygen atoms in total. The quantitative estimate of drug-likeness (QED) is 0.431. The van der Waals surface area contributed by atoms with Crippen molar-refractivity contribution < 1.29 is 37.1 Å². The zero-order valence-corrected chi connectivity index (χ0v) is 24.3. The summed E-state index contributed by atoms with van der Waals surface area (Å²) in [6.07, 6.45) is 3.61. The molecule has 3 fully saturated rings. The van der Waals surface area contributed by atoms with Gasteiger partial charge in [-0.1, -0.05) is 37.1 Å². The summed E-state index contributed by atoms with van der Waals surface area (Å²) in [4.78, 5) is 58.9. The van der Waals surface area contributed by atoms with Crippen LogP contribution in [0, 0.1) is 0 Å². The summed E-state index contributed by atoms with van der Waals surface area (Å²) in [6.45, 7) is 1.74. The number of hydrogen-bond donors (Lipinski definition) is 2. The number of rotatable bonds is 7. The second-order valence-corrected chi connectivity index (χ2v) is 12.8. The van der Waals surface area contributed by atoms with Crippen molar-refractivity contribution in [3.05, 3.63) is 42.2 Å². The summed E-state index contributed by atoms with van der Waals surface area (Å²) >= 11 is 0. The monoisotopic (exact) mass is 601 g/mol. The lowest BCUT2D eigenvalue weighted by atomic mass is 9.94. The van der Waals surface area contributed by atoms with E-state index in [1.54, 1.807) is 25.1 Å². The van der Waals surface area contributed by atoms with Gasteiger partial charge in [0.1, 0.15) is 23.8 Å². The standard InChI is InChI=1S/C28H35N5O8S/c1-3-40-28-21(14-23(34)41-28)31-25(35)22-16-32(42(2,38)39)15-18-9-5-7-11-20(27(37)33(18)22)30-26(36)24-19-10-6-4-8-17(19)12-13-29-24/h4,6,8,10,12-13,18,20-22,28H,3,5,7,9,11,14-16H2,1-2H3,(H,30,36)(H,31,35)/t18-,20-,21?,22-,28?/m0/s1. The van der Waals surface area contributed by atoms with Crippen molar-refractivity contribution in [3.63, 3.8) is 0 Å². The third kappa shape index (κ3) is 6.25. The SMILES string of the molecule is CCOC1OC(=O)CC1NC(=O)[C@@H]1CN(S(C)(=O)=O)C[C@@H]2CCCC[C@H](NC(=O)c3nccc4ccccc34)C(=O)N21. The predicted molar refractivity (Wildman–Crippen MR) is 150 cm³/mol. The van der Waals surface area contributed by atoms with Gasteiger partial charge in [0.15, 0.2) is 0 Å². The maximum Gasteiger partial charge on any atom is 0.310 e. The van der Waals surface area contributed by atoms with Crippen LogP contribution >= 0.6 is 0 Å².